The summed E-state index contributed by atoms with van der Waals surface area (Å²) >= 11 is 0. The number of carbonyl (C=O) groups is 1. The monoisotopic (exact) mass is 710 g/mol. The van der Waals surface area contributed by atoms with Gasteiger partial charge in [0.1, 0.15) is 11.6 Å². The third-order valence-corrected chi connectivity index (χ3v) is 11.1. The topological polar surface area (TPSA) is 144 Å². The molecule has 2 aliphatic heterocycles. The summed E-state index contributed by atoms with van der Waals surface area (Å²) in [6.45, 7) is 4.52. The molecule has 1 unspecified atom stereocenters. The number of aromatic nitrogens is 5. The number of fused-ring (bicyclic) bond motifs is 6. The number of pyridine rings is 3. The van der Waals surface area contributed by atoms with Crippen molar-refractivity contribution in [2.24, 2.45) is 11.3 Å². The van der Waals surface area contributed by atoms with Crippen LogP contribution >= 0.6 is 0 Å². The standard InChI is InChI=1S/C34H37F3N8O4S/c1-32(2)20-22-9-11-25(24-6-3-4-17-38-24)39-26-7-5-8-29(40-26)50(47,48)43-31(46)23-10-12-27(41-30(23)44(32)21-22)45-18-13-28(42-45)49-19-16-33(14-15-33)34(35,36)37/h3-8,10,12-13,17-18,22,25H,9,11,14-16,19-21H2,1-2H3,(H,39,40)(H,43,46)/t22-,25?/m0/s1. The number of ether oxygens (including phenoxy) is 1. The second kappa shape index (κ2) is 12.5. The summed E-state index contributed by atoms with van der Waals surface area (Å²) in [7, 11) is -4.40. The molecule has 1 saturated carbocycles. The summed E-state index contributed by atoms with van der Waals surface area (Å²) in [6, 6.07) is 14.5. The molecular weight excluding hydrogens is 673 g/mol. The summed E-state index contributed by atoms with van der Waals surface area (Å²) in [5, 5.41) is 7.41. The first-order valence-corrected chi connectivity index (χ1v) is 18.0. The number of nitrogens with zero attached hydrogens (tertiary/aromatic N) is 6. The molecule has 50 heavy (non-hydrogen) atoms. The van der Waals surface area contributed by atoms with Crippen LogP contribution in [0, 0.1) is 11.3 Å². The van der Waals surface area contributed by atoms with Crippen LogP contribution in [0.4, 0.5) is 24.8 Å². The maximum Gasteiger partial charge on any atom is 0.394 e. The lowest BCUT2D eigenvalue weighted by molar-refractivity contribution is -0.190. The van der Waals surface area contributed by atoms with Gasteiger partial charge in [-0.05, 0) is 94.7 Å². The van der Waals surface area contributed by atoms with Crippen molar-refractivity contribution in [2.75, 3.05) is 23.4 Å². The summed E-state index contributed by atoms with van der Waals surface area (Å²) < 4.78 is 76.2. The van der Waals surface area contributed by atoms with Gasteiger partial charge in [0, 0.05) is 30.5 Å². The van der Waals surface area contributed by atoms with E-state index in [0.717, 1.165) is 18.5 Å². The molecule has 2 atom stereocenters. The molecular formula is C34H37F3N8O4S. The molecule has 0 radical (unpaired) electrons. The van der Waals surface area contributed by atoms with Crippen molar-refractivity contribution >= 4 is 27.6 Å². The number of hydrogen-bond acceptors (Lipinski definition) is 10. The Bertz CT molecular complexity index is 2000. The predicted octanol–water partition coefficient (Wildman–Crippen LogP) is 5.84. The minimum atomic E-state index is -4.40. The molecule has 4 aromatic rings. The average Bonchev–Trinajstić information content (AvgIpc) is 3.63. The van der Waals surface area contributed by atoms with Crippen LogP contribution in [0.15, 0.2) is 72.0 Å². The van der Waals surface area contributed by atoms with Crippen molar-refractivity contribution in [3.63, 3.8) is 0 Å². The summed E-state index contributed by atoms with van der Waals surface area (Å²) in [5.41, 5.74) is -1.30. The Hall–Kier alpha value is -4.73. The van der Waals surface area contributed by atoms with E-state index in [9.17, 15) is 26.4 Å². The molecule has 4 aromatic heterocycles. The first kappa shape index (κ1) is 33.8. The first-order chi connectivity index (χ1) is 23.7. The highest BCUT2D eigenvalue weighted by Crippen LogP contribution is 2.59. The molecule has 264 valence electrons. The summed E-state index contributed by atoms with van der Waals surface area (Å²) in [5.74, 6) is 0.385. The Morgan fingerprint density at radius 2 is 1.84 bits per heavy atom. The van der Waals surface area contributed by atoms with E-state index in [1.807, 2.05) is 23.1 Å². The molecule has 3 aliphatic rings. The van der Waals surface area contributed by atoms with Gasteiger partial charge in [-0.15, -0.1) is 5.10 Å². The second-order valence-corrected chi connectivity index (χ2v) is 15.5. The van der Waals surface area contributed by atoms with E-state index in [-0.39, 0.29) is 60.1 Å². The molecule has 0 spiro atoms. The largest absolute Gasteiger partial charge is 0.477 e. The highest BCUT2D eigenvalue weighted by Gasteiger charge is 2.62. The number of halogens is 3. The van der Waals surface area contributed by atoms with Crippen LogP contribution in [-0.4, -0.2) is 63.9 Å². The molecule has 2 N–H and O–H groups in total. The lowest BCUT2D eigenvalue weighted by Gasteiger charge is -2.34. The minimum absolute atomic E-state index is 0.0482. The lowest BCUT2D eigenvalue weighted by atomic mass is 9.91. The molecule has 12 nitrogen and oxygen atoms in total. The van der Waals surface area contributed by atoms with Gasteiger partial charge in [0.05, 0.1) is 29.3 Å². The fourth-order valence-electron chi connectivity index (χ4n) is 6.92. The zero-order valence-electron chi connectivity index (χ0n) is 27.5. The number of alkyl halides is 3. The Morgan fingerprint density at radius 3 is 2.58 bits per heavy atom. The van der Waals surface area contributed by atoms with Gasteiger partial charge in [-0.25, -0.2) is 19.4 Å². The number of nitrogens with one attached hydrogen (secondary N) is 2. The van der Waals surface area contributed by atoms with Crippen LogP contribution in [0.2, 0.25) is 0 Å². The van der Waals surface area contributed by atoms with Crippen molar-refractivity contribution < 1.29 is 31.1 Å². The number of sulfonamides is 1. The third-order valence-electron chi connectivity index (χ3n) is 9.86. The van der Waals surface area contributed by atoms with Crippen molar-refractivity contribution in [1.82, 2.24) is 29.5 Å². The zero-order valence-corrected chi connectivity index (χ0v) is 28.3. The van der Waals surface area contributed by atoms with Crippen LogP contribution in [0.1, 0.15) is 74.5 Å². The second-order valence-electron chi connectivity index (χ2n) is 13.8. The molecule has 1 saturated heterocycles. The maximum atomic E-state index is 13.8. The Labute approximate surface area is 287 Å². The smallest absolute Gasteiger partial charge is 0.394 e. The fraction of sp³-hybridized carbons (Fsp3) is 0.441. The van der Waals surface area contributed by atoms with Gasteiger partial charge < -0.3 is 15.0 Å². The van der Waals surface area contributed by atoms with Gasteiger partial charge in [0.15, 0.2) is 10.8 Å². The highest BCUT2D eigenvalue weighted by molar-refractivity contribution is 7.90. The molecule has 0 aromatic carbocycles. The molecule has 16 heteroatoms. The maximum absolute atomic E-state index is 13.8. The van der Waals surface area contributed by atoms with Gasteiger partial charge in [-0.3, -0.25) is 9.78 Å². The fourth-order valence-corrected chi connectivity index (χ4v) is 7.86. The molecule has 7 rings (SSSR count). The molecule has 6 heterocycles. The lowest BCUT2D eigenvalue weighted by Crippen LogP contribution is -2.41. The third kappa shape index (κ3) is 6.72. The van der Waals surface area contributed by atoms with Gasteiger partial charge in [0.25, 0.3) is 15.9 Å². The number of anilines is 2. The predicted molar refractivity (Wildman–Crippen MR) is 177 cm³/mol. The molecule has 4 bridgehead atoms. The van der Waals surface area contributed by atoms with E-state index in [1.165, 1.54) is 28.9 Å². The van der Waals surface area contributed by atoms with E-state index in [4.69, 9.17) is 9.72 Å². The van der Waals surface area contributed by atoms with Gasteiger partial charge in [-0.1, -0.05) is 12.1 Å². The zero-order chi connectivity index (χ0) is 35.3. The van der Waals surface area contributed by atoms with E-state index in [2.05, 4.69) is 39.0 Å². The van der Waals surface area contributed by atoms with Gasteiger partial charge in [0.2, 0.25) is 5.88 Å². The minimum Gasteiger partial charge on any atom is -0.477 e. The van der Waals surface area contributed by atoms with Gasteiger partial charge >= 0.3 is 6.18 Å². The van der Waals surface area contributed by atoms with E-state index >= 15 is 0 Å². The van der Waals surface area contributed by atoms with E-state index in [1.54, 1.807) is 24.5 Å². The van der Waals surface area contributed by atoms with Crippen LogP contribution in [0.3, 0.4) is 0 Å². The first-order valence-electron chi connectivity index (χ1n) is 16.5. The normalized spacial score (nSPS) is 22.3. The summed E-state index contributed by atoms with van der Waals surface area (Å²) in [6.07, 6.45) is 1.32. The van der Waals surface area contributed by atoms with Gasteiger partial charge in [-0.2, -0.15) is 21.6 Å². The van der Waals surface area contributed by atoms with Crippen molar-refractivity contribution in [2.45, 2.75) is 75.2 Å². The van der Waals surface area contributed by atoms with Crippen molar-refractivity contribution in [1.29, 1.82) is 0 Å². The van der Waals surface area contributed by atoms with Crippen LogP contribution in [-0.2, 0) is 10.0 Å². The Kier molecular flexibility index (Phi) is 8.47. The van der Waals surface area contributed by atoms with E-state index in [0.29, 0.717) is 24.6 Å². The number of rotatable bonds is 6. The highest BCUT2D eigenvalue weighted by atomic mass is 32.2. The van der Waals surface area contributed by atoms with Crippen LogP contribution < -0.4 is 19.7 Å². The SMILES string of the molecule is CC1(C)C[C@@H]2CCC(c3ccccn3)Nc3cccc(n3)S(=O)(=O)NC(=O)c3ccc(-n4ccc(OCCC5(C(F)(F)F)CC5)n4)nc3N1C2. The number of carbonyl (C=O) groups excluding carboxylic acids is 1. The van der Waals surface area contributed by atoms with Crippen molar-refractivity contribution in [3.05, 3.63) is 78.2 Å². The van der Waals surface area contributed by atoms with E-state index < -0.39 is 33.1 Å². The Morgan fingerprint density at radius 1 is 1.02 bits per heavy atom. The molecule has 2 fully saturated rings. The molecule has 1 amide bonds. The van der Waals surface area contributed by atoms with Crippen molar-refractivity contribution in [3.8, 4) is 11.7 Å². The summed E-state index contributed by atoms with van der Waals surface area (Å²) in [4.78, 5) is 29.5. The number of amides is 1. The quantitative estimate of drug-likeness (QED) is 0.251. The van der Waals surface area contributed by atoms with Crippen LogP contribution in [0.25, 0.3) is 5.82 Å². The Balaban J connectivity index is 1.21. The molecule has 1 aliphatic carbocycles. The average molecular weight is 711 g/mol. The van der Waals surface area contributed by atoms with Crippen LogP contribution in [0.5, 0.6) is 5.88 Å². The number of hydrogen-bond donors (Lipinski definition) is 2.